The van der Waals surface area contributed by atoms with Crippen LogP contribution in [-0.2, 0) is 14.3 Å². The number of rotatable bonds is 5. The Hall–Kier alpha value is -2.57. The Labute approximate surface area is 175 Å². The number of carbonyl (C=O) groups excluding carboxylic acids is 2. The number of halogens is 2. The van der Waals surface area contributed by atoms with Crippen molar-refractivity contribution >= 4 is 51.3 Å². The second kappa shape index (κ2) is 8.63. The molecule has 0 atom stereocenters. The topological polar surface area (TPSA) is 61.8 Å². The molecular formula is C21H16BrClO5. The van der Waals surface area contributed by atoms with Crippen LogP contribution in [0.1, 0.15) is 25.0 Å². The zero-order valence-electron chi connectivity index (χ0n) is 15.1. The van der Waals surface area contributed by atoms with Crippen LogP contribution in [0, 0.1) is 0 Å². The Morgan fingerprint density at radius 1 is 1.25 bits per heavy atom. The summed E-state index contributed by atoms with van der Waals surface area (Å²) < 4.78 is 16.7. The van der Waals surface area contributed by atoms with E-state index in [4.69, 9.17) is 25.8 Å². The Morgan fingerprint density at radius 2 is 1.96 bits per heavy atom. The molecule has 2 aromatic rings. The van der Waals surface area contributed by atoms with Crippen molar-refractivity contribution in [3.05, 3.63) is 68.7 Å². The van der Waals surface area contributed by atoms with E-state index >= 15 is 0 Å². The molecule has 144 valence electrons. The fourth-order valence-electron chi connectivity index (χ4n) is 2.60. The smallest absolute Gasteiger partial charge is 0.343 e. The van der Waals surface area contributed by atoms with Crippen molar-refractivity contribution in [1.82, 2.24) is 0 Å². The van der Waals surface area contributed by atoms with Crippen molar-refractivity contribution in [3.63, 3.8) is 0 Å². The summed E-state index contributed by atoms with van der Waals surface area (Å²) in [4.78, 5) is 23.6. The fraction of sp³-hybridized carbons (Fsp3) is 0.143. The molecular weight excluding hydrogens is 448 g/mol. The van der Waals surface area contributed by atoms with Gasteiger partial charge in [-0.05, 0) is 77.0 Å². The lowest BCUT2D eigenvalue weighted by molar-refractivity contribution is -0.132. The predicted molar refractivity (Wildman–Crippen MR) is 110 cm³/mol. The molecule has 1 heterocycles. The zero-order chi connectivity index (χ0) is 20.3. The van der Waals surface area contributed by atoms with Crippen LogP contribution < -0.4 is 9.47 Å². The molecule has 28 heavy (non-hydrogen) atoms. The van der Waals surface area contributed by atoms with Crippen LogP contribution in [0.5, 0.6) is 11.5 Å². The second-order valence-electron chi connectivity index (χ2n) is 5.86. The predicted octanol–water partition coefficient (Wildman–Crippen LogP) is 5.41. The first-order valence-electron chi connectivity index (χ1n) is 8.43. The summed E-state index contributed by atoms with van der Waals surface area (Å²) in [6, 6.07) is 10.4. The fourth-order valence-corrected chi connectivity index (χ4v) is 3.27. The number of hydrogen-bond donors (Lipinski definition) is 0. The highest BCUT2D eigenvalue weighted by Gasteiger charge is 2.22. The van der Waals surface area contributed by atoms with Crippen LogP contribution in [0.15, 0.2) is 52.5 Å². The molecule has 0 fully saturated rings. The van der Waals surface area contributed by atoms with Gasteiger partial charge in [-0.1, -0.05) is 11.6 Å². The number of hydrogen-bond acceptors (Lipinski definition) is 5. The van der Waals surface area contributed by atoms with Gasteiger partial charge in [0.05, 0.1) is 16.7 Å². The van der Waals surface area contributed by atoms with Crippen molar-refractivity contribution in [2.75, 3.05) is 6.61 Å². The second-order valence-corrected chi connectivity index (χ2v) is 7.15. The summed E-state index contributed by atoms with van der Waals surface area (Å²) in [5.41, 5.74) is 1.83. The number of ether oxygens (including phenoxy) is 3. The van der Waals surface area contributed by atoms with Gasteiger partial charge in [0.15, 0.2) is 11.5 Å². The molecule has 0 radical (unpaired) electrons. The molecule has 2 aromatic carbocycles. The third-order valence-corrected chi connectivity index (χ3v) is 4.59. The zero-order valence-corrected chi connectivity index (χ0v) is 17.5. The van der Waals surface area contributed by atoms with E-state index in [1.54, 1.807) is 48.6 Å². The van der Waals surface area contributed by atoms with Gasteiger partial charge in [-0.2, -0.15) is 0 Å². The number of cyclic esters (lactones) is 1. The SMILES string of the molecule is CCOc1cc(C=C2C=C(c3ccc(Cl)cc3)OC2=O)cc(Br)c1OC(C)=O. The molecule has 1 aliphatic rings. The van der Waals surface area contributed by atoms with Crippen molar-refractivity contribution in [2.24, 2.45) is 0 Å². The van der Waals surface area contributed by atoms with E-state index in [0.29, 0.717) is 44.5 Å². The maximum Gasteiger partial charge on any atom is 0.343 e. The normalized spacial score (nSPS) is 14.6. The van der Waals surface area contributed by atoms with Gasteiger partial charge in [0, 0.05) is 17.5 Å². The minimum Gasteiger partial charge on any atom is -0.490 e. The lowest BCUT2D eigenvalue weighted by Gasteiger charge is -2.12. The van der Waals surface area contributed by atoms with Crippen LogP contribution in [0.25, 0.3) is 11.8 Å². The maximum atomic E-state index is 12.3. The van der Waals surface area contributed by atoms with Crippen molar-refractivity contribution in [3.8, 4) is 11.5 Å². The summed E-state index contributed by atoms with van der Waals surface area (Å²) >= 11 is 9.28. The molecule has 3 rings (SSSR count). The van der Waals surface area contributed by atoms with Gasteiger partial charge in [0.2, 0.25) is 0 Å². The Bertz CT molecular complexity index is 993. The summed E-state index contributed by atoms with van der Waals surface area (Å²) in [7, 11) is 0. The Balaban J connectivity index is 1.96. The highest BCUT2D eigenvalue weighted by Crippen LogP contribution is 2.38. The third-order valence-electron chi connectivity index (χ3n) is 3.75. The molecule has 0 N–H and O–H groups in total. The van der Waals surface area contributed by atoms with Crippen LogP contribution >= 0.6 is 27.5 Å². The lowest BCUT2D eigenvalue weighted by Crippen LogP contribution is -2.05. The molecule has 0 amide bonds. The highest BCUT2D eigenvalue weighted by atomic mass is 79.9. The molecule has 7 heteroatoms. The van der Waals surface area contributed by atoms with Gasteiger partial charge in [0.1, 0.15) is 5.76 Å². The standard InChI is InChI=1S/C21H16BrClO5/c1-3-26-19-10-13(9-17(22)20(19)27-12(2)24)8-15-11-18(28-21(15)25)14-4-6-16(23)7-5-14/h4-11H,3H2,1-2H3. The summed E-state index contributed by atoms with van der Waals surface area (Å²) in [5, 5.41) is 0.602. The van der Waals surface area contributed by atoms with Crippen LogP contribution in [-0.4, -0.2) is 18.5 Å². The number of benzene rings is 2. The third kappa shape index (κ3) is 4.64. The van der Waals surface area contributed by atoms with E-state index in [1.165, 1.54) is 6.92 Å². The van der Waals surface area contributed by atoms with E-state index in [2.05, 4.69) is 15.9 Å². The molecule has 0 bridgehead atoms. The quantitative estimate of drug-likeness (QED) is 0.337. The first kappa shape index (κ1) is 20.2. The average Bonchev–Trinajstić information content (AvgIpc) is 2.99. The number of esters is 2. The summed E-state index contributed by atoms with van der Waals surface area (Å²) in [6.45, 7) is 3.53. The van der Waals surface area contributed by atoms with Crippen molar-refractivity contribution < 1.29 is 23.8 Å². The maximum absolute atomic E-state index is 12.3. The Morgan fingerprint density at radius 3 is 2.61 bits per heavy atom. The average molecular weight is 464 g/mol. The molecule has 0 unspecified atom stereocenters. The van der Waals surface area contributed by atoms with Crippen molar-refractivity contribution in [1.29, 1.82) is 0 Å². The molecule has 0 aromatic heterocycles. The van der Waals surface area contributed by atoms with Gasteiger partial charge >= 0.3 is 11.9 Å². The first-order valence-corrected chi connectivity index (χ1v) is 9.60. The molecule has 1 aliphatic heterocycles. The van der Waals surface area contributed by atoms with E-state index in [0.717, 1.165) is 5.56 Å². The molecule has 5 nitrogen and oxygen atoms in total. The number of carbonyl (C=O) groups is 2. The minimum atomic E-state index is -0.456. The van der Waals surface area contributed by atoms with E-state index < -0.39 is 11.9 Å². The van der Waals surface area contributed by atoms with Gasteiger partial charge < -0.3 is 14.2 Å². The monoisotopic (exact) mass is 462 g/mol. The summed E-state index contributed by atoms with van der Waals surface area (Å²) in [5.74, 6) is 0.231. The van der Waals surface area contributed by atoms with Gasteiger partial charge in [-0.25, -0.2) is 4.79 Å². The largest absolute Gasteiger partial charge is 0.490 e. The molecule has 0 aliphatic carbocycles. The Kier molecular flexibility index (Phi) is 6.21. The van der Waals surface area contributed by atoms with Gasteiger partial charge in [0.25, 0.3) is 0 Å². The van der Waals surface area contributed by atoms with E-state index in [9.17, 15) is 9.59 Å². The molecule has 0 saturated heterocycles. The van der Waals surface area contributed by atoms with E-state index in [-0.39, 0.29) is 0 Å². The van der Waals surface area contributed by atoms with Crippen molar-refractivity contribution in [2.45, 2.75) is 13.8 Å². The van der Waals surface area contributed by atoms with Crippen LogP contribution in [0.2, 0.25) is 5.02 Å². The van der Waals surface area contributed by atoms with Crippen LogP contribution in [0.3, 0.4) is 0 Å². The van der Waals surface area contributed by atoms with E-state index in [1.807, 2.05) is 6.92 Å². The van der Waals surface area contributed by atoms with Gasteiger partial charge in [-0.15, -0.1) is 0 Å². The lowest BCUT2D eigenvalue weighted by atomic mass is 10.1. The first-order chi connectivity index (χ1) is 13.4. The van der Waals surface area contributed by atoms with Gasteiger partial charge in [-0.3, -0.25) is 4.79 Å². The molecule has 0 spiro atoms. The highest BCUT2D eigenvalue weighted by molar-refractivity contribution is 9.10. The summed E-state index contributed by atoms with van der Waals surface area (Å²) in [6.07, 6.45) is 3.34. The molecule has 0 saturated carbocycles. The minimum absolute atomic E-state index is 0.294. The van der Waals surface area contributed by atoms with Crippen LogP contribution in [0.4, 0.5) is 0 Å².